The van der Waals surface area contributed by atoms with E-state index in [0.717, 1.165) is 71.0 Å². The van der Waals surface area contributed by atoms with Gasteiger partial charge >= 0.3 is 0 Å². The maximum atomic E-state index is 5.46. The van der Waals surface area contributed by atoms with Crippen LogP contribution in [0.4, 0.5) is 0 Å². The molecule has 0 atom stereocenters. The lowest BCUT2D eigenvalue weighted by atomic mass is 9.96. The predicted octanol–water partition coefficient (Wildman–Crippen LogP) is 2.34. The van der Waals surface area contributed by atoms with Crippen LogP contribution in [-0.4, -0.2) is 75.9 Å². The van der Waals surface area contributed by atoms with Crippen molar-refractivity contribution in [2.45, 2.75) is 32.4 Å². The van der Waals surface area contributed by atoms with Gasteiger partial charge in [0.1, 0.15) is 0 Å². The summed E-state index contributed by atoms with van der Waals surface area (Å²) in [6, 6.07) is 8.86. The number of rotatable bonds is 7. The Kier molecular flexibility index (Phi) is 8.58. The summed E-state index contributed by atoms with van der Waals surface area (Å²) >= 11 is 0. The van der Waals surface area contributed by atoms with E-state index in [-0.39, 0.29) is 0 Å². The Bertz CT molecular complexity index is 610. The molecule has 0 spiro atoms. The van der Waals surface area contributed by atoms with E-state index < -0.39 is 0 Å². The molecule has 2 fully saturated rings. The Labute approximate surface area is 169 Å². The van der Waals surface area contributed by atoms with Crippen LogP contribution >= 0.6 is 0 Å². The molecule has 28 heavy (non-hydrogen) atoms. The zero-order valence-electron chi connectivity index (χ0n) is 17.5. The molecule has 0 bridgehead atoms. The highest BCUT2D eigenvalue weighted by molar-refractivity contribution is 5.79. The summed E-state index contributed by atoms with van der Waals surface area (Å²) in [5.41, 5.74) is 2.66. The summed E-state index contributed by atoms with van der Waals surface area (Å²) in [5, 5.41) is 3.52. The second-order valence-electron chi connectivity index (χ2n) is 7.88. The van der Waals surface area contributed by atoms with Crippen molar-refractivity contribution in [2.75, 3.05) is 60.2 Å². The highest BCUT2D eigenvalue weighted by atomic mass is 16.5. The first-order valence-corrected chi connectivity index (χ1v) is 10.6. The van der Waals surface area contributed by atoms with Crippen LogP contribution in [0.1, 0.15) is 30.4 Å². The van der Waals surface area contributed by atoms with Gasteiger partial charge in [-0.15, -0.1) is 0 Å². The van der Waals surface area contributed by atoms with Crippen molar-refractivity contribution in [3.05, 3.63) is 35.4 Å². The van der Waals surface area contributed by atoms with Gasteiger partial charge in [0.05, 0.1) is 13.2 Å². The van der Waals surface area contributed by atoms with E-state index in [0.29, 0.717) is 0 Å². The molecule has 1 N–H and O–H groups in total. The number of nitrogens with zero attached hydrogens (tertiary/aromatic N) is 3. The van der Waals surface area contributed by atoms with Crippen molar-refractivity contribution in [2.24, 2.45) is 10.9 Å². The van der Waals surface area contributed by atoms with Gasteiger partial charge in [-0.3, -0.25) is 9.89 Å². The molecule has 1 aromatic rings. The number of nitrogens with one attached hydrogen (secondary N) is 1. The second-order valence-corrected chi connectivity index (χ2v) is 7.88. The summed E-state index contributed by atoms with van der Waals surface area (Å²) in [7, 11) is 3.99. The van der Waals surface area contributed by atoms with Gasteiger partial charge in [-0.05, 0) is 36.3 Å². The number of benzene rings is 1. The molecule has 2 aliphatic heterocycles. The third-order valence-electron chi connectivity index (χ3n) is 5.74. The normalized spacial score (nSPS) is 19.6. The summed E-state index contributed by atoms with van der Waals surface area (Å²) < 4.78 is 10.9. The molecule has 0 saturated carbocycles. The maximum absolute atomic E-state index is 5.46. The minimum Gasteiger partial charge on any atom is -0.381 e. The van der Waals surface area contributed by atoms with E-state index in [2.05, 4.69) is 51.4 Å². The van der Waals surface area contributed by atoms with Crippen LogP contribution < -0.4 is 5.32 Å². The Morgan fingerprint density at radius 1 is 1.14 bits per heavy atom. The van der Waals surface area contributed by atoms with Crippen LogP contribution in [0.2, 0.25) is 0 Å². The summed E-state index contributed by atoms with van der Waals surface area (Å²) in [4.78, 5) is 9.17. The van der Waals surface area contributed by atoms with Crippen LogP contribution in [0.15, 0.2) is 29.3 Å². The van der Waals surface area contributed by atoms with Gasteiger partial charge in [0.2, 0.25) is 0 Å². The molecule has 6 nitrogen and oxygen atoms in total. The molecule has 2 heterocycles. The fourth-order valence-corrected chi connectivity index (χ4v) is 3.94. The van der Waals surface area contributed by atoms with Gasteiger partial charge in [-0.1, -0.05) is 24.3 Å². The number of morpholine rings is 1. The van der Waals surface area contributed by atoms with Gasteiger partial charge < -0.3 is 19.7 Å². The molecule has 0 unspecified atom stereocenters. The molecule has 0 radical (unpaired) electrons. The largest absolute Gasteiger partial charge is 0.381 e. The van der Waals surface area contributed by atoms with E-state index in [1.807, 2.05) is 7.05 Å². The SMILES string of the molecule is CN=C(NCc1cccc(CN2CCOCC2)c1)N(C)CCC1CCOCC1. The van der Waals surface area contributed by atoms with E-state index in [1.54, 1.807) is 0 Å². The molecule has 2 aliphatic rings. The minimum atomic E-state index is 0.783. The number of guanidine groups is 1. The molecular formula is C22H36N4O2. The van der Waals surface area contributed by atoms with Gasteiger partial charge in [0, 0.05) is 60.0 Å². The molecule has 0 amide bonds. The Morgan fingerprint density at radius 2 is 1.86 bits per heavy atom. The van der Waals surface area contributed by atoms with Crippen LogP contribution in [0.5, 0.6) is 0 Å². The average molecular weight is 389 g/mol. The van der Waals surface area contributed by atoms with Gasteiger partial charge in [0.25, 0.3) is 0 Å². The monoisotopic (exact) mass is 388 g/mol. The molecular weight excluding hydrogens is 352 g/mol. The van der Waals surface area contributed by atoms with Crippen LogP contribution in [0.25, 0.3) is 0 Å². The third kappa shape index (κ3) is 6.76. The lowest BCUT2D eigenvalue weighted by Crippen LogP contribution is -2.39. The molecule has 0 aliphatic carbocycles. The topological polar surface area (TPSA) is 49.3 Å². The number of hydrogen-bond donors (Lipinski definition) is 1. The van der Waals surface area contributed by atoms with Gasteiger partial charge in [0.15, 0.2) is 5.96 Å². The van der Waals surface area contributed by atoms with E-state index in [1.165, 1.54) is 30.4 Å². The summed E-state index contributed by atoms with van der Waals surface area (Å²) in [6.45, 7) is 8.39. The van der Waals surface area contributed by atoms with E-state index in [4.69, 9.17) is 9.47 Å². The molecule has 2 saturated heterocycles. The van der Waals surface area contributed by atoms with Crippen molar-refractivity contribution in [3.63, 3.8) is 0 Å². The first kappa shape index (κ1) is 21.1. The standard InChI is InChI=1S/C22H36N4O2/c1-23-22(25(2)9-6-19-7-12-27-13-8-19)24-17-20-4-3-5-21(16-20)18-26-10-14-28-15-11-26/h3-5,16,19H,6-15,17-18H2,1-2H3,(H,23,24). The Morgan fingerprint density at radius 3 is 2.61 bits per heavy atom. The molecule has 3 rings (SSSR count). The quantitative estimate of drug-likeness (QED) is 0.574. The molecule has 1 aromatic carbocycles. The lowest BCUT2D eigenvalue weighted by molar-refractivity contribution is 0.0342. The van der Waals surface area contributed by atoms with Crippen LogP contribution in [-0.2, 0) is 22.6 Å². The second kappa shape index (κ2) is 11.4. The third-order valence-corrected chi connectivity index (χ3v) is 5.74. The maximum Gasteiger partial charge on any atom is 0.193 e. The van der Waals surface area contributed by atoms with Gasteiger partial charge in [-0.2, -0.15) is 0 Å². The van der Waals surface area contributed by atoms with Crippen molar-refractivity contribution in [1.29, 1.82) is 0 Å². The molecule has 6 heteroatoms. The molecule has 156 valence electrons. The fourth-order valence-electron chi connectivity index (χ4n) is 3.94. The Balaban J connectivity index is 1.45. The highest BCUT2D eigenvalue weighted by Gasteiger charge is 2.15. The van der Waals surface area contributed by atoms with E-state index in [9.17, 15) is 0 Å². The highest BCUT2D eigenvalue weighted by Crippen LogP contribution is 2.18. The number of aliphatic imine (C=N–C) groups is 1. The number of ether oxygens (including phenoxy) is 2. The first-order valence-electron chi connectivity index (χ1n) is 10.6. The molecule has 0 aromatic heterocycles. The Hall–Kier alpha value is -1.63. The van der Waals surface area contributed by atoms with Gasteiger partial charge in [-0.25, -0.2) is 0 Å². The average Bonchev–Trinajstić information content (AvgIpc) is 2.74. The zero-order chi connectivity index (χ0) is 19.6. The predicted molar refractivity (Wildman–Crippen MR) is 114 cm³/mol. The van der Waals surface area contributed by atoms with Crippen molar-refractivity contribution >= 4 is 5.96 Å². The summed E-state index contributed by atoms with van der Waals surface area (Å²) in [6.07, 6.45) is 3.58. The zero-order valence-corrected chi connectivity index (χ0v) is 17.5. The van der Waals surface area contributed by atoms with E-state index >= 15 is 0 Å². The summed E-state index contributed by atoms with van der Waals surface area (Å²) in [5.74, 6) is 1.75. The van der Waals surface area contributed by atoms with Crippen molar-refractivity contribution < 1.29 is 9.47 Å². The smallest absolute Gasteiger partial charge is 0.193 e. The van der Waals surface area contributed by atoms with Crippen molar-refractivity contribution in [1.82, 2.24) is 15.1 Å². The fraction of sp³-hybridized carbons (Fsp3) is 0.682. The lowest BCUT2D eigenvalue weighted by Gasteiger charge is -2.27. The first-order chi connectivity index (χ1) is 13.7. The van der Waals surface area contributed by atoms with Crippen molar-refractivity contribution in [3.8, 4) is 0 Å². The van der Waals surface area contributed by atoms with Crippen LogP contribution in [0, 0.1) is 5.92 Å². The number of hydrogen-bond acceptors (Lipinski definition) is 4. The van der Waals surface area contributed by atoms with Crippen LogP contribution in [0.3, 0.4) is 0 Å². The minimum absolute atomic E-state index is 0.783.